The molecule has 0 aliphatic rings. The lowest BCUT2D eigenvalue weighted by molar-refractivity contribution is 0.298. The third kappa shape index (κ3) is 6.23. The second-order valence-electron chi connectivity index (χ2n) is 3.53. The first-order valence-corrected chi connectivity index (χ1v) is 7.02. The molecule has 0 aliphatic carbocycles. The van der Waals surface area contributed by atoms with Crippen molar-refractivity contribution in [3.05, 3.63) is 57.0 Å². The number of rotatable bonds is 2. The molecule has 0 aromatic carbocycles. The Labute approximate surface area is 124 Å². The van der Waals surface area contributed by atoms with Crippen molar-refractivity contribution in [1.82, 2.24) is 9.97 Å². The predicted molar refractivity (Wildman–Crippen MR) is 79.4 cm³/mol. The Hall–Kier alpha value is -0.780. The minimum atomic E-state index is 0.156. The molecule has 0 saturated heterocycles. The number of aliphatic hydroxyl groups excluding tert-OH is 1. The van der Waals surface area contributed by atoms with Gasteiger partial charge in [0.2, 0.25) is 0 Å². The lowest BCUT2D eigenvalue weighted by Gasteiger charge is -1.95. The van der Waals surface area contributed by atoms with E-state index in [0.717, 1.165) is 20.6 Å². The van der Waals surface area contributed by atoms with Crippen LogP contribution >= 0.6 is 31.9 Å². The standard InChI is InChI=1S/C7H8BrNO.C6H6BrN/c8-7-3-1-2-6(9-7)4-5-10;1-5-3-2-4-6(7)8-5/h1-3,10H,4-5H2;2-4H,1H3. The van der Waals surface area contributed by atoms with E-state index >= 15 is 0 Å². The Morgan fingerprint density at radius 3 is 2.06 bits per heavy atom. The maximum Gasteiger partial charge on any atom is 0.106 e. The lowest BCUT2D eigenvalue weighted by Crippen LogP contribution is -1.93. The van der Waals surface area contributed by atoms with Crippen LogP contribution in [0, 0.1) is 6.92 Å². The van der Waals surface area contributed by atoms with Crippen molar-refractivity contribution in [3.8, 4) is 0 Å². The summed E-state index contributed by atoms with van der Waals surface area (Å²) >= 11 is 6.49. The summed E-state index contributed by atoms with van der Waals surface area (Å²) in [6.07, 6.45) is 0.624. The van der Waals surface area contributed by atoms with Crippen molar-refractivity contribution < 1.29 is 5.11 Å². The number of aliphatic hydroxyl groups is 1. The van der Waals surface area contributed by atoms with Crippen LogP contribution in [0.3, 0.4) is 0 Å². The summed E-state index contributed by atoms with van der Waals surface area (Å²) in [5, 5.41) is 8.56. The predicted octanol–water partition coefficient (Wildman–Crippen LogP) is 3.53. The Balaban J connectivity index is 0.000000184. The summed E-state index contributed by atoms with van der Waals surface area (Å²) in [4.78, 5) is 8.21. The molecule has 5 heteroatoms. The number of hydrogen-bond acceptors (Lipinski definition) is 3. The summed E-state index contributed by atoms with van der Waals surface area (Å²) < 4.78 is 1.72. The lowest BCUT2D eigenvalue weighted by atomic mass is 10.3. The normalized spacial score (nSPS) is 9.56. The van der Waals surface area contributed by atoms with Gasteiger partial charge in [0.25, 0.3) is 0 Å². The third-order valence-corrected chi connectivity index (χ3v) is 2.88. The average molecular weight is 374 g/mol. The molecule has 96 valence electrons. The number of halogens is 2. The Kier molecular flexibility index (Phi) is 7.08. The number of pyridine rings is 2. The van der Waals surface area contributed by atoms with Gasteiger partial charge in [-0.05, 0) is 63.0 Å². The molecular weight excluding hydrogens is 360 g/mol. The van der Waals surface area contributed by atoms with Crippen LogP contribution in [0.1, 0.15) is 11.4 Å². The van der Waals surface area contributed by atoms with Crippen molar-refractivity contribution in [2.24, 2.45) is 0 Å². The smallest absolute Gasteiger partial charge is 0.106 e. The number of hydrogen-bond donors (Lipinski definition) is 1. The van der Waals surface area contributed by atoms with E-state index in [1.807, 2.05) is 43.3 Å². The van der Waals surface area contributed by atoms with Crippen molar-refractivity contribution in [2.75, 3.05) is 6.61 Å². The fourth-order valence-corrected chi connectivity index (χ4v) is 2.03. The van der Waals surface area contributed by atoms with Crippen LogP contribution in [0.5, 0.6) is 0 Å². The van der Waals surface area contributed by atoms with E-state index in [2.05, 4.69) is 41.8 Å². The molecule has 0 fully saturated rings. The Morgan fingerprint density at radius 1 is 1.00 bits per heavy atom. The average Bonchev–Trinajstić information content (AvgIpc) is 2.30. The van der Waals surface area contributed by atoms with Gasteiger partial charge in [0.15, 0.2) is 0 Å². The van der Waals surface area contributed by atoms with Crippen LogP contribution in [0.4, 0.5) is 0 Å². The van der Waals surface area contributed by atoms with E-state index < -0.39 is 0 Å². The van der Waals surface area contributed by atoms with Gasteiger partial charge in [0, 0.05) is 24.4 Å². The zero-order valence-corrected chi connectivity index (χ0v) is 13.1. The topological polar surface area (TPSA) is 46.0 Å². The van der Waals surface area contributed by atoms with Crippen molar-refractivity contribution in [2.45, 2.75) is 13.3 Å². The molecule has 0 atom stereocenters. The van der Waals surface area contributed by atoms with Gasteiger partial charge in [0.1, 0.15) is 9.21 Å². The van der Waals surface area contributed by atoms with Gasteiger partial charge in [-0.15, -0.1) is 0 Å². The van der Waals surface area contributed by atoms with Gasteiger partial charge in [-0.1, -0.05) is 12.1 Å². The molecular formula is C13H14Br2N2O. The van der Waals surface area contributed by atoms with Gasteiger partial charge >= 0.3 is 0 Å². The molecule has 0 spiro atoms. The van der Waals surface area contributed by atoms with Crippen LogP contribution in [0.15, 0.2) is 45.6 Å². The van der Waals surface area contributed by atoms with Gasteiger partial charge in [0.05, 0.1) is 0 Å². The van der Waals surface area contributed by atoms with E-state index in [9.17, 15) is 0 Å². The molecule has 0 bridgehead atoms. The first-order valence-electron chi connectivity index (χ1n) is 5.43. The van der Waals surface area contributed by atoms with Gasteiger partial charge in [-0.3, -0.25) is 0 Å². The largest absolute Gasteiger partial charge is 0.396 e. The first kappa shape index (κ1) is 15.3. The zero-order chi connectivity index (χ0) is 13.4. The molecule has 0 amide bonds. The zero-order valence-electron chi connectivity index (χ0n) is 9.98. The van der Waals surface area contributed by atoms with Crippen molar-refractivity contribution in [1.29, 1.82) is 0 Å². The summed E-state index contributed by atoms with van der Waals surface area (Å²) in [6.45, 7) is 2.12. The molecule has 18 heavy (non-hydrogen) atoms. The van der Waals surface area contributed by atoms with E-state index in [-0.39, 0.29) is 6.61 Å². The molecule has 0 aliphatic heterocycles. The van der Waals surface area contributed by atoms with E-state index in [0.29, 0.717) is 6.42 Å². The van der Waals surface area contributed by atoms with E-state index in [1.165, 1.54) is 0 Å². The second-order valence-corrected chi connectivity index (χ2v) is 5.15. The highest BCUT2D eigenvalue weighted by atomic mass is 79.9. The highest BCUT2D eigenvalue weighted by Crippen LogP contribution is 2.06. The number of aromatic nitrogens is 2. The number of nitrogens with zero attached hydrogens (tertiary/aromatic N) is 2. The molecule has 0 radical (unpaired) electrons. The molecule has 1 N–H and O–H groups in total. The van der Waals surface area contributed by atoms with Crippen LogP contribution in [-0.4, -0.2) is 21.7 Å². The molecule has 0 unspecified atom stereocenters. The fraction of sp³-hybridized carbons (Fsp3) is 0.231. The van der Waals surface area contributed by atoms with Crippen LogP contribution in [-0.2, 0) is 6.42 Å². The summed E-state index contributed by atoms with van der Waals surface area (Å²) in [5.41, 5.74) is 1.95. The Bertz CT molecular complexity index is 475. The van der Waals surface area contributed by atoms with Crippen molar-refractivity contribution >= 4 is 31.9 Å². The Morgan fingerprint density at radius 2 is 1.61 bits per heavy atom. The fourth-order valence-electron chi connectivity index (χ4n) is 1.21. The van der Waals surface area contributed by atoms with Crippen LogP contribution in [0.2, 0.25) is 0 Å². The summed E-state index contributed by atoms with van der Waals surface area (Å²) in [5.74, 6) is 0. The highest BCUT2D eigenvalue weighted by Gasteiger charge is 1.92. The molecule has 2 rings (SSSR count). The summed E-state index contributed by atoms with van der Waals surface area (Å²) in [7, 11) is 0. The quantitative estimate of drug-likeness (QED) is 0.819. The first-order chi connectivity index (χ1) is 8.61. The number of aryl methyl sites for hydroxylation is 1. The molecule has 3 nitrogen and oxygen atoms in total. The maximum absolute atomic E-state index is 8.56. The molecule has 0 saturated carbocycles. The van der Waals surface area contributed by atoms with E-state index in [4.69, 9.17) is 5.11 Å². The maximum atomic E-state index is 8.56. The minimum Gasteiger partial charge on any atom is -0.396 e. The van der Waals surface area contributed by atoms with Crippen LogP contribution < -0.4 is 0 Å². The third-order valence-electron chi connectivity index (χ3n) is 2.00. The van der Waals surface area contributed by atoms with Gasteiger partial charge in [-0.2, -0.15) is 0 Å². The van der Waals surface area contributed by atoms with Crippen LogP contribution in [0.25, 0.3) is 0 Å². The van der Waals surface area contributed by atoms with Crippen molar-refractivity contribution in [3.63, 3.8) is 0 Å². The molecule has 2 heterocycles. The minimum absolute atomic E-state index is 0.156. The summed E-state index contributed by atoms with van der Waals surface area (Å²) in [6, 6.07) is 11.5. The monoisotopic (exact) mass is 372 g/mol. The molecule has 2 aromatic heterocycles. The molecule has 2 aromatic rings. The van der Waals surface area contributed by atoms with Gasteiger partial charge < -0.3 is 5.11 Å². The van der Waals surface area contributed by atoms with E-state index in [1.54, 1.807) is 0 Å². The van der Waals surface area contributed by atoms with Gasteiger partial charge in [-0.25, -0.2) is 9.97 Å². The second kappa shape index (κ2) is 8.34. The highest BCUT2D eigenvalue weighted by molar-refractivity contribution is 9.10. The SMILES string of the molecule is Cc1cccc(Br)n1.OCCc1cccc(Br)n1.